The number of hydrogen-bond donors (Lipinski definition) is 0. The van der Waals surface area contributed by atoms with E-state index in [1.807, 2.05) is 0 Å². The normalized spacial score (nSPS) is 11.8. The minimum atomic E-state index is -0.754. The van der Waals surface area contributed by atoms with Crippen LogP contribution in [-0.2, 0) is 28.6 Å². The Kier molecular flexibility index (Phi) is 34.0. The fourth-order valence-electron chi connectivity index (χ4n) is 5.62. The van der Waals surface area contributed by atoms with Gasteiger partial charge in [0.25, 0.3) is 0 Å². The quantitative estimate of drug-likeness (QED) is 0.0390. The lowest BCUT2D eigenvalue weighted by atomic mass is 10.0. The second kappa shape index (κ2) is 35.3. The maximum Gasteiger partial charge on any atom is 0.306 e. The van der Waals surface area contributed by atoms with Crippen LogP contribution in [0.15, 0.2) is 0 Å². The third-order valence-electron chi connectivity index (χ3n) is 8.61. The Morgan fingerprint density at radius 3 is 0.889 bits per heavy atom. The summed E-state index contributed by atoms with van der Waals surface area (Å²) in [6.07, 6.45) is 32.5. The molecular formula is C39H74O6. The summed E-state index contributed by atoms with van der Waals surface area (Å²) in [5, 5.41) is 0. The van der Waals surface area contributed by atoms with E-state index in [4.69, 9.17) is 14.2 Å². The molecule has 0 spiro atoms. The molecule has 0 saturated heterocycles. The van der Waals surface area contributed by atoms with Crippen LogP contribution in [0.25, 0.3) is 0 Å². The highest BCUT2D eigenvalue weighted by atomic mass is 16.6. The van der Waals surface area contributed by atoms with Gasteiger partial charge in [0, 0.05) is 19.3 Å². The zero-order valence-electron chi connectivity index (χ0n) is 30.2. The number of ether oxygens (including phenoxy) is 3. The van der Waals surface area contributed by atoms with Crippen molar-refractivity contribution in [2.45, 2.75) is 219 Å². The summed E-state index contributed by atoms with van der Waals surface area (Å²) in [5.41, 5.74) is 0. The van der Waals surface area contributed by atoms with Crippen molar-refractivity contribution in [3.8, 4) is 0 Å². The summed E-state index contributed by atoms with van der Waals surface area (Å²) in [6.45, 7) is 6.53. The molecule has 6 heteroatoms. The van der Waals surface area contributed by atoms with Crippen molar-refractivity contribution in [1.82, 2.24) is 0 Å². The molecule has 0 aliphatic carbocycles. The number of carbonyl (C=O) groups is 3. The molecule has 0 bridgehead atoms. The van der Waals surface area contributed by atoms with Gasteiger partial charge in [0.1, 0.15) is 13.2 Å². The molecule has 1 atom stereocenters. The van der Waals surface area contributed by atoms with Crippen LogP contribution < -0.4 is 0 Å². The monoisotopic (exact) mass is 639 g/mol. The summed E-state index contributed by atoms with van der Waals surface area (Å²) in [5.74, 6) is -0.877. The van der Waals surface area contributed by atoms with Gasteiger partial charge in [-0.15, -0.1) is 0 Å². The van der Waals surface area contributed by atoms with Crippen LogP contribution in [0.5, 0.6) is 0 Å². The van der Waals surface area contributed by atoms with Gasteiger partial charge in [-0.2, -0.15) is 0 Å². The van der Waals surface area contributed by atoms with Gasteiger partial charge in [-0.05, 0) is 19.3 Å². The third-order valence-corrected chi connectivity index (χ3v) is 8.61. The Labute approximate surface area is 278 Å². The molecule has 0 amide bonds. The summed E-state index contributed by atoms with van der Waals surface area (Å²) in [6, 6.07) is 0. The molecule has 0 radical (unpaired) electrons. The Balaban J connectivity index is 4.26. The average Bonchev–Trinajstić information content (AvgIpc) is 3.03. The van der Waals surface area contributed by atoms with Crippen molar-refractivity contribution < 1.29 is 28.6 Å². The Morgan fingerprint density at radius 1 is 0.356 bits per heavy atom. The Bertz CT molecular complexity index is 664. The van der Waals surface area contributed by atoms with Gasteiger partial charge in [0.05, 0.1) is 0 Å². The van der Waals surface area contributed by atoms with Crippen molar-refractivity contribution in [3.05, 3.63) is 0 Å². The van der Waals surface area contributed by atoms with Crippen molar-refractivity contribution in [2.24, 2.45) is 0 Å². The molecule has 6 nitrogen and oxygen atoms in total. The van der Waals surface area contributed by atoms with Crippen LogP contribution in [0.4, 0.5) is 0 Å². The maximum absolute atomic E-state index is 12.6. The van der Waals surface area contributed by atoms with Gasteiger partial charge < -0.3 is 14.2 Å². The molecule has 0 aliphatic rings. The van der Waals surface area contributed by atoms with Gasteiger partial charge in [0.2, 0.25) is 0 Å². The van der Waals surface area contributed by atoms with E-state index in [-0.39, 0.29) is 31.1 Å². The summed E-state index contributed by atoms with van der Waals surface area (Å²) in [4.78, 5) is 37.2. The molecule has 0 N–H and O–H groups in total. The van der Waals surface area contributed by atoms with Gasteiger partial charge in [0.15, 0.2) is 6.10 Å². The van der Waals surface area contributed by atoms with E-state index < -0.39 is 6.10 Å². The maximum atomic E-state index is 12.6. The van der Waals surface area contributed by atoms with Crippen molar-refractivity contribution >= 4 is 17.9 Å². The molecule has 0 unspecified atom stereocenters. The largest absolute Gasteiger partial charge is 0.462 e. The first-order valence-corrected chi connectivity index (χ1v) is 19.5. The molecule has 0 heterocycles. The number of rotatable bonds is 35. The SMILES string of the molecule is CCCCCCCCCCCCCCC(=O)O[C@H](COC(=O)CCCCCCC)COC(=O)CCCCCCCCCCCC. The van der Waals surface area contributed by atoms with Crippen LogP contribution in [0.2, 0.25) is 0 Å². The molecule has 266 valence electrons. The molecule has 0 aromatic heterocycles. The zero-order chi connectivity index (χ0) is 33.1. The van der Waals surface area contributed by atoms with E-state index in [0.717, 1.165) is 64.2 Å². The Morgan fingerprint density at radius 2 is 0.600 bits per heavy atom. The molecule has 0 aliphatic heterocycles. The van der Waals surface area contributed by atoms with Crippen molar-refractivity contribution in [1.29, 1.82) is 0 Å². The lowest BCUT2D eigenvalue weighted by Gasteiger charge is -2.18. The second-order valence-corrected chi connectivity index (χ2v) is 13.2. The molecule has 45 heavy (non-hydrogen) atoms. The predicted octanol–water partition coefficient (Wildman–Crippen LogP) is 11.7. The number of unbranched alkanes of at least 4 members (excludes halogenated alkanes) is 24. The molecule has 0 rings (SSSR count). The summed E-state index contributed by atoms with van der Waals surface area (Å²) in [7, 11) is 0. The molecule has 0 fully saturated rings. The molecule has 0 aromatic carbocycles. The van der Waals surface area contributed by atoms with E-state index in [1.54, 1.807) is 0 Å². The van der Waals surface area contributed by atoms with Crippen LogP contribution in [-0.4, -0.2) is 37.2 Å². The summed E-state index contributed by atoms with van der Waals surface area (Å²) >= 11 is 0. The minimum absolute atomic E-state index is 0.0649. The lowest BCUT2D eigenvalue weighted by molar-refractivity contribution is -0.167. The molecular weight excluding hydrogens is 564 g/mol. The molecule has 0 saturated carbocycles. The Hall–Kier alpha value is -1.59. The summed E-state index contributed by atoms with van der Waals surface area (Å²) < 4.78 is 16.5. The van der Waals surface area contributed by atoms with Crippen LogP contribution in [0.3, 0.4) is 0 Å². The van der Waals surface area contributed by atoms with Gasteiger partial charge in [-0.3, -0.25) is 14.4 Å². The fraction of sp³-hybridized carbons (Fsp3) is 0.923. The van der Waals surface area contributed by atoms with E-state index in [9.17, 15) is 14.4 Å². The average molecular weight is 639 g/mol. The first-order chi connectivity index (χ1) is 22.0. The fourth-order valence-corrected chi connectivity index (χ4v) is 5.62. The van der Waals surface area contributed by atoms with Crippen LogP contribution in [0, 0.1) is 0 Å². The van der Waals surface area contributed by atoms with E-state index >= 15 is 0 Å². The highest BCUT2D eigenvalue weighted by Gasteiger charge is 2.19. The smallest absolute Gasteiger partial charge is 0.306 e. The second-order valence-electron chi connectivity index (χ2n) is 13.2. The van der Waals surface area contributed by atoms with Crippen molar-refractivity contribution in [3.63, 3.8) is 0 Å². The topological polar surface area (TPSA) is 78.9 Å². The highest BCUT2D eigenvalue weighted by Crippen LogP contribution is 2.14. The zero-order valence-corrected chi connectivity index (χ0v) is 30.2. The number of carbonyl (C=O) groups excluding carboxylic acids is 3. The third kappa shape index (κ3) is 33.6. The molecule has 0 aromatic rings. The number of esters is 3. The van der Waals surface area contributed by atoms with Gasteiger partial charge in [-0.25, -0.2) is 0 Å². The lowest BCUT2D eigenvalue weighted by Crippen LogP contribution is -2.30. The highest BCUT2D eigenvalue weighted by molar-refractivity contribution is 5.71. The number of hydrogen-bond acceptors (Lipinski definition) is 6. The predicted molar refractivity (Wildman–Crippen MR) is 187 cm³/mol. The van der Waals surface area contributed by atoms with Crippen molar-refractivity contribution in [2.75, 3.05) is 13.2 Å². The standard InChI is InChI=1S/C39H74O6/c1-4-7-10-13-15-17-19-20-22-24-27-30-33-39(42)45-36(34-43-37(40)31-28-25-12-9-6-3)35-44-38(41)32-29-26-23-21-18-16-14-11-8-5-2/h36H,4-35H2,1-3H3/t36-/m1/s1. The first-order valence-electron chi connectivity index (χ1n) is 19.5. The van der Waals surface area contributed by atoms with Gasteiger partial charge >= 0.3 is 17.9 Å². The van der Waals surface area contributed by atoms with Gasteiger partial charge in [-0.1, -0.05) is 175 Å². The first kappa shape index (κ1) is 43.4. The van der Waals surface area contributed by atoms with Crippen LogP contribution in [0.1, 0.15) is 213 Å². The minimum Gasteiger partial charge on any atom is -0.462 e. The van der Waals surface area contributed by atoms with E-state index in [2.05, 4.69) is 20.8 Å². The van der Waals surface area contributed by atoms with E-state index in [0.29, 0.717) is 19.3 Å². The van der Waals surface area contributed by atoms with E-state index in [1.165, 1.54) is 109 Å². The van der Waals surface area contributed by atoms with Crippen LogP contribution >= 0.6 is 0 Å².